The van der Waals surface area contributed by atoms with Crippen LogP contribution in [0.3, 0.4) is 0 Å². The molecule has 1 saturated heterocycles. The van der Waals surface area contributed by atoms with Crippen LogP contribution in [0.15, 0.2) is 23.3 Å². The van der Waals surface area contributed by atoms with Crippen LogP contribution in [0.25, 0.3) is 0 Å². The van der Waals surface area contributed by atoms with Crippen LogP contribution in [-0.2, 0) is 4.74 Å². The van der Waals surface area contributed by atoms with Gasteiger partial charge in [-0.3, -0.25) is 4.57 Å². The molecule has 1 aromatic heterocycles. The molecule has 0 spiro atoms. The smallest absolute Gasteiger partial charge is 0.349 e. The summed E-state index contributed by atoms with van der Waals surface area (Å²) in [6.45, 7) is -0.382. The predicted octanol–water partition coefficient (Wildman–Crippen LogP) is -0.139. The summed E-state index contributed by atoms with van der Waals surface area (Å²) >= 11 is 0. The molecule has 5 nitrogen and oxygen atoms in total. The van der Waals surface area contributed by atoms with E-state index >= 15 is 0 Å². The molecule has 0 saturated carbocycles. The molecule has 1 N–H and O–H groups in total. The van der Waals surface area contributed by atoms with E-state index in [1.54, 1.807) is 6.07 Å². The fourth-order valence-corrected chi connectivity index (χ4v) is 1.61. The Hall–Kier alpha value is -1.27. The Morgan fingerprint density at radius 2 is 2.53 bits per heavy atom. The maximum absolute atomic E-state index is 13.2. The summed E-state index contributed by atoms with van der Waals surface area (Å²) in [5, 5.41) is 8.80. The number of rotatable bonds is 2. The van der Waals surface area contributed by atoms with E-state index in [4.69, 9.17) is 9.84 Å². The van der Waals surface area contributed by atoms with Gasteiger partial charge in [0.2, 0.25) is 0 Å². The first-order chi connectivity index (χ1) is 7.22. The Morgan fingerprint density at radius 1 is 1.73 bits per heavy atom. The monoisotopic (exact) mass is 214 g/mol. The third kappa shape index (κ3) is 1.91. The normalized spacial score (nSPS) is 30.7. The average molecular weight is 214 g/mol. The van der Waals surface area contributed by atoms with E-state index < -0.39 is 24.2 Å². The van der Waals surface area contributed by atoms with Gasteiger partial charge in [0.05, 0.1) is 6.61 Å². The van der Waals surface area contributed by atoms with E-state index in [0.717, 1.165) is 0 Å². The maximum atomic E-state index is 13.2. The Balaban J connectivity index is 2.21. The summed E-state index contributed by atoms with van der Waals surface area (Å²) in [5.41, 5.74) is -0.478. The van der Waals surface area contributed by atoms with E-state index in [1.807, 2.05) is 0 Å². The first-order valence-corrected chi connectivity index (χ1v) is 4.66. The van der Waals surface area contributed by atoms with Gasteiger partial charge in [-0.1, -0.05) is 0 Å². The van der Waals surface area contributed by atoms with Crippen LogP contribution in [0, 0.1) is 0 Å². The van der Waals surface area contributed by atoms with Crippen LogP contribution >= 0.6 is 0 Å². The van der Waals surface area contributed by atoms with E-state index in [1.165, 1.54) is 17.0 Å². The molecule has 15 heavy (non-hydrogen) atoms. The second-order valence-electron chi connectivity index (χ2n) is 3.37. The fourth-order valence-electron chi connectivity index (χ4n) is 1.61. The summed E-state index contributed by atoms with van der Waals surface area (Å²) in [6, 6.07) is 1.57. The highest BCUT2D eigenvalue weighted by Gasteiger charge is 2.36. The quantitative estimate of drug-likeness (QED) is 0.744. The van der Waals surface area contributed by atoms with Gasteiger partial charge in [-0.2, -0.15) is 0 Å². The number of nitrogens with zero attached hydrogens (tertiary/aromatic N) is 2. The number of halogens is 1. The fraction of sp³-hybridized carbons (Fsp3) is 0.556. The molecule has 1 aromatic rings. The molecule has 0 unspecified atom stereocenters. The number of aliphatic hydroxyl groups excluding tert-OH is 1. The molecule has 0 radical (unpaired) electrons. The lowest BCUT2D eigenvalue weighted by Crippen LogP contribution is -2.26. The molecular weight excluding hydrogens is 203 g/mol. The lowest BCUT2D eigenvalue weighted by atomic mass is 10.2. The van der Waals surface area contributed by atoms with Crippen LogP contribution in [0.5, 0.6) is 0 Å². The van der Waals surface area contributed by atoms with Gasteiger partial charge in [-0.05, 0) is 6.07 Å². The summed E-state index contributed by atoms with van der Waals surface area (Å²) in [5.74, 6) is 0. The standard InChI is InChI=1S/C9H11FN2O3/c10-6-4-8(15-7(6)5-13)12-3-1-2-11-9(12)14/h1-3,6-8,13H,4-5H2/t6-,7+,8-/m0/s1. The largest absolute Gasteiger partial charge is 0.394 e. The number of aliphatic hydroxyl groups is 1. The van der Waals surface area contributed by atoms with Crippen LogP contribution < -0.4 is 5.69 Å². The van der Waals surface area contributed by atoms with Crippen molar-refractivity contribution >= 4 is 0 Å². The van der Waals surface area contributed by atoms with E-state index in [-0.39, 0.29) is 13.0 Å². The second-order valence-corrected chi connectivity index (χ2v) is 3.37. The zero-order valence-corrected chi connectivity index (χ0v) is 7.91. The highest BCUT2D eigenvalue weighted by atomic mass is 19.1. The SMILES string of the molecule is O=c1ncccn1[C@@H]1C[C@H](F)[C@@H](CO)O1. The van der Waals surface area contributed by atoms with Crippen LogP contribution in [-0.4, -0.2) is 33.5 Å². The van der Waals surface area contributed by atoms with Crippen molar-refractivity contribution in [3.8, 4) is 0 Å². The molecule has 1 fully saturated rings. The van der Waals surface area contributed by atoms with Crippen molar-refractivity contribution in [2.45, 2.75) is 24.9 Å². The van der Waals surface area contributed by atoms with Gasteiger partial charge < -0.3 is 9.84 Å². The third-order valence-electron chi connectivity index (χ3n) is 2.39. The van der Waals surface area contributed by atoms with Crippen molar-refractivity contribution in [2.75, 3.05) is 6.61 Å². The lowest BCUT2D eigenvalue weighted by Gasteiger charge is -2.13. The Morgan fingerprint density at radius 3 is 3.13 bits per heavy atom. The van der Waals surface area contributed by atoms with Gasteiger partial charge in [-0.25, -0.2) is 14.2 Å². The summed E-state index contributed by atoms with van der Waals surface area (Å²) in [4.78, 5) is 14.8. The van der Waals surface area contributed by atoms with Crippen molar-refractivity contribution in [1.29, 1.82) is 0 Å². The van der Waals surface area contributed by atoms with E-state index in [2.05, 4.69) is 4.98 Å². The number of hydrogen-bond acceptors (Lipinski definition) is 4. The first kappa shape index (κ1) is 10.3. The molecule has 2 heterocycles. The zero-order valence-electron chi connectivity index (χ0n) is 7.91. The summed E-state index contributed by atoms with van der Waals surface area (Å²) < 4.78 is 19.6. The van der Waals surface area contributed by atoms with Crippen molar-refractivity contribution in [3.05, 3.63) is 28.9 Å². The van der Waals surface area contributed by atoms with Gasteiger partial charge in [0.15, 0.2) is 0 Å². The molecule has 6 heteroatoms. The molecule has 82 valence electrons. The van der Waals surface area contributed by atoms with Gasteiger partial charge >= 0.3 is 5.69 Å². The number of aromatic nitrogens is 2. The molecule has 2 rings (SSSR count). The van der Waals surface area contributed by atoms with Gasteiger partial charge in [-0.15, -0.1) is 0 Å². The predicted molar refractivity (Wildman–Crippen MR) is 49.0 cm³/mol. The molecular formula is C9H11FN2O3. The Bertz CT molecular complexity index is 395. The van der Waals surface area contributed by atoms with Gasteiger partial charge in [0, 0.05) is 18.8 Å². The second kappa shape index (κ2) is 4.08. The minimum atomic E-state index is -1.24. The molecule has 1 aliphatic rings. The minimum absolute atomic E-state index is 0.0663. The summed E-state index contributed by atoms with van der Waals surface area (Å²) in [6.07, 6.45) is 0.167. The molecule has 1 aliphatic heterocycles. The van der Waals surface area contributed by atoms with Crippen molar-refractivity contribution in [3.63, 3.8) is 0 Å². The Labute approximate surface area is 85.1 Å². The lowest BCUT2D eigenvalue weighted by molar-refractivity contribution is -0.0355. The van der Waals surface area contributed by atoms with Crippen LogP contribution in [0.1, 0.15) is 12.6 Å². The third-order valence-corrected chi connectivity index (χ3v) is 2.39. The van der Waals surface area contributed by atoms with Crippen molar-refractivity contribution in [1.82, 2.24) is 9.55 Å². The highest BCUT2D eigenvalue weighted by molar-refractivity contribution is 4.87. The zero-order chi connectivity index (χ0) is 10.8. The van der Waals surface area contributed by atoms with Crippen LogP contribution in [0.4, 0.5) is 4.39 Å². The van der Waals surface area contributed by atoms with Gasteiger partial charge in [0.25, 0.3) is 0 Å². The average Bonchev–Trinajstić information content (AvgIpc) is 2.60. The van der Waals surface area contributed by atoms with Crippen LogP contribution in [0.2, 0.25) is 0 Å². The first-order valence-electron chi connectivity index (χ1n) is 4.66. The number of hydrogen-bond donors (Lipinski definition) is 1. The van der Waals surface area contributed by atoms with Gasteiger partial charge in [0.1, 0.15) is 18.5 Å². The molecule has 3 atom stereocenters. The molecule has 0 bridgehead atoms. The van der Waals surface area contributed by atoms with E-state index in [9.17, 15) is 9.18 Å². The van der Waals surface area contributed by atoms with Crippen molar-refractivity contribution in [2.24, 2.45) is 0 Å². The number of alkyl halides is 1. The Kier molecular flexibility index (Phi) is 2.79. The maximum Gasteiger partial charge on any atom is 0.349 e. The molecule has 0 amide bonds. The molecule has 0 aliphatic carbocycles. The van der Waals surface area contributed by atoms with E-state index in [0.29, 0.717) is 0 Å². The topological polar surface area (TPSA) is 64.4 Å². The van der Waals surface area contributed by atoms with Crippen molar-refractivity contribution < 1.29 is 14.2 Å². The highest BCUT2D eigenvalue weighted by Crippen LogP contribution is 2.29. The summed E-state index contributed by atoms with van der Waals surface area (Å²) in [7, 11) is 0. The molecule has 0 aromatic carbocycles. The number of ether oxygens (including phenoxy) is 1. The minimum Gasteiger partial charge on any atom is -0.394 e.